The average Bonchev–Trinajstić information content (AvgIpc) is 2.46. The molecule has 2 rings (SSSR count). The van der Waals surface area contributed by atoms with Gasteiger partial charge in [-0.25, -0.2) is 9.67 Å². The molecule has 0 aliphatic heterocycles. The highest BCUT2D eigenvalue weighted by atomic mass is 15.4. The maximum Gasteiger partial charge on any atom is 0.201 e. The van der Waals surface area contributed by atoms with Gasteiger partial charge in [0.25, 0.3) is 0 Å². The fourth-order valence-electron chi connectivity index (χ4n) is 1.33. The topological polar surface area (TPSA) is 43.6 Å². The molecule has 0 saturated heterocycles. The lowest BCUT2D eigenvalue weighted by Crippen LogP contribution is -2.11. The van der Waals surface area contributed by atoms with E-state index in [1.165, 1.54) is 5.56 Å². The summed E-state index contributed by atoms with van der Waals surface area (Å²) in [5.41, 5.74) is 3.01. The van der Waals surface area contributed by atoms with Crippen LogP contribution in [0.5, 0.6) is 0 Å². The van der Waals surface area contributed by atoms with Crippen molar-refractivity contribution in [2.45, 2.75) is 26.2 Å². The van der Waals surface area contributed by atoms with Gasteiger partial charge in [0.1, 0.15) is 5.52 Å². The molecule has 0 aromatic carbocycles. The summed E-state index contributed by atoms with van der Waals surface area (Å²) in [7, 11) is 1.88. The third-order valence-electron chi connectivity index (χ3n) is 2.34. The van der Waals surface area contributed by atoms with Gasteiger partial charge in [-0.05, 0) is 17.0 Å². The zero-order valence-electron chi connectivity index (χ0n) is 8.94. The zero-order valence-corrected chi connectivity index (χ0v) is 8.94. The van der Waals surface area contributed by atoms with Gasteiger partial charge in [0.15, 0.2) is 0 Å². The van der Waals surface area contributed by atoms with E-state index in [0.717, 1.165) is 5.52 Å². The molecule has 4 heteroatoms. The van der Waals surface area contributed by atoms with Crippen molar-refractivity contribution in [2.75, 3.05) is 0 Å². The molecule has 0 N–H and O–H groups in total. The maximum absolute atomic E-state index is 4.27. The Morgan fingerprint density at radius 1 is 1.29 bits per heavy atom. The molecule has 14 heavy (non-hydrogen) atoms. The van der Waals surface area contributed by atoms with Crippen LogP contribution in [-0.4, -0.2) is 20.0 Å². The van der Waals surface area contributed by atoms with E-state index in [4.69, 9.17) is 0 Å². The molecule has 74 valence electrons. The van der Waals surface area contributed by atoms with Crippen LogP contribution in [0.15, 0.2) is 12.3 Å². The van der Waals surface area contributed by atoms with Gasteiger partial charge < -0.3 is 0 Å². The van der Waals surface area contributed by atoms with Gasteiger partial charge in [-0.1, -0.05) is 26.0 Å². The van der Waals surface area contributed by atoms with Crippen molar-refractivity contribution >= 4 is 11.2 Å². The Morgan fingerprint density at radius 3 is 2.64 bits per heavy atom. The second-order valence-corrected chi connectivity index (χ2v) is 4.53. The predicted octanol–water partition coefficient (Wildman–Crippen LogP) is 1.66. The first kappa shape index (κ1) is 9.12. The number of nitrogens with zero attached hydrogens (tertiary/aromatic N) is 4. The van der Waals surface area contributed by atoms with Gasteiger partial charge in [0.2, 0.25) is 5.65 Å². The third-order valence-corrected chi connectivity index (χ3v) is 2.34. The van der Waals surface area contributed by atoms with Crippen LogP contribution in [0.4, 0.5) is 0 Å². The molecule has 0 aliphatic carbocycles. The number of hydrogen-bond acceptors (Lipinski definition) is 3. The second-order valence-electron chi connectivity index (χ2n) is 4.53. The summed E-state index contributed by atoms with van der Waals surface area (Å²) < 4.78 is 1.75. The van der Waals surface area contributed by atoms with E-state index >= 15 is 0 Å². The minimum atomic E-state index is 0.117. The number of aromatic nitrogens is 4. The highest BCUT2D eigenvalue weighted by Crippen LogP contribution is 2.23. The van der Waals surface area contributed by atoms with Crippen LogP contribution in [0.25, 0.3) is 11.2 Å². The fourth-order valence-corrected chi connectivity index (χ4v) is 1.33. The SMILES string of the molecule is Cn1nnc2ncc(C(C)(C)C)cc21. The molecular formula is C10H14N4. The number of hydrogen-bond donors (Lipinski definition) is 0. The number of aryl methyl sites for hydroxylation is 1. The summed E-state index contributed by atoms with van der Waals surface area (Å²) in [4.78, 5) is 4.27. The Balaban J connectivity index is 2.66. The van der Waals surface area contributed by atoms with Crippen molar-refractivity contribution in [3.05, 3.63) is 17.8 Å². The van der Waals surface area contributed by atoms with Gasteiger partial charge in [0.05, 0.1) is 0 Å². The van der Waals surface area contributed by atoms with E-state index < -0.39 is 0 Å². The summed E-state index contributed by atoms with van der Waals surface area (Å²) in [6.45, 7) is 6.50. The number of rotatable bonds is 0. The Hall–Kier alpha value is -1.45. The quantitative estimate of drug-likeness (QED) is 0.634. The Bertz CT molecular complexity index is 464. The average molecular weight is 190 g/mol. The van der Waals surface area contributed by atoms with Gasteiger partial charge >= 0.3 is 0 Å². The molecule has 0 fully saturated rings. The Labute approximate surface area is 83.0 Å². The summed E-state index contributed by atoms with van der Waals surface area (Å²) in [6, 6.07) is 2.10. The molecule has 0 spiro atoms. The molecule has 4 nitrogen and oxygen atoms in total. The van der Waals surface area contributed by atoms with E-state index in [2.05, 4.69) is 42.1 Å². The van der Waals surface area contributed by atoms with Crippen LogP contribution in [0.3, 0.4) is 0 Å². The fraction of sp³-hybridized carbons (Fsp3) is 0.500. The van der Waals surface area contributed by atoms with Crippen molar-refractivity contribution in [1.29, 1.82) is 0 Å². The lowest BCUT2D eigenvalue weighted by Gasteiger charge is -2.17. The van der Waals surface area contributed by atoms with E-state index in [1.807, 2.05) is 13.2 Å². The highest BCUT2D eigenvalue weighted by Gasteiger charge is 2.15. The first-order valence-corrected chi connectivity index (χ1v) is 4.64. The minimum Gasteiger partial charge on any atom is -0.246 e. The van der Waals surface area contributed by atoms with Crippen LogP contribution >= 0.6 is 0 Å². The molecule has 0 unspecified atom stereocenters. The van der Waals surface area contributed by atoms with Crippen molar-refractivity contribution in [1.82, 2.24) is 20.0 Å². The van der Waals surface area contributed by atoms with E-state index in [1.54, 1.807) is 4.68 Å². The molecule has 0 saturated carbocycles. The van der Waals surface area contributed by atoms with Crippen LogP contribution < -0.4 is 0 Å². The normalized spacial score (nSPS) is 12.3. The lowest BCUT2D eigenvalue weighted by atomic mass is 9.88. The van der Waals surface area contributed by atoms with Gasteiger partial charge in [-0.3, -0.25) is 0 Å². The largest absolute Gasteiger partial charge is 0.246 e. The second kappa shape index (κ2) is 2.77. The summed E-state index contributed by atoms with van der Waals surface area (Å²) in [6.07, 6.45) is 1.87. The zero-order chi connectivity index (χ0) is 10.3. The monoisotopic (exact) mass is 190 g/mol. The summed E-state index contributed by atoms with van der Waals surface area (Å²) in [5, 5.41) is 7.87. The van der Waals surface area contributed by atoms with Gasteiger partial charge in [-0.15, -0.1) is 5.10 Å². The molecule has 0 radical (unpaired) electrons. The standard InChI is InChI=1S/C10H14N4/c1-10(2,3)7-5-8-9(11-6-7)12-13-14(8)4/h5-6H,1-4H3. The Morgan fingerprint density at radius 2 is 2.00 bits per heavy atom. The predicted molar refractivity (Wildman–Crippen MR) is 55.0 cm³/mol. The minimum absolute atomic E-state index is 0.117. The van der Waals surface area contributed by atoms with E-state index in [-0.39, 0.29) is 5.41 Å². The molecule has 2 heterocycles. The van der Waals surface area contributed by atoms with Crippen molar-refractivity contribution in [3.8, 4) is 0 Å². The summed E-state index contributed by atoms with van der Waals surface area (Å²) >= 11 is 0. The number of fused-ring (bicyclic) bond motifs is 1. The first-order chi connectivity index (χ1) is 6.48. The van der Waals surface area contributed by atoms with Crippen LogP contribution in [-0.2, 0) is 12.5 Å². The first-order valence-electron chi connectivity index (χ1n) is 4.64. The van der Waals surface area contributed by atoms with Crippen LogP contribution in [0.2, 0.25) is 0 Å². The molecule has 2 aromatic rings. The molecule has 0 atom stereocenters. The van der Waals surface area contributed by atoms with Crippen molar-refractivity contribution in [2.24, 2.45) is 7.05 Å². The highest BCUT2D eigenvalue weighted by molar-refractivity contribution is 5.70. The van der Waals surface area contributed by atoms with E-state index in [0.29, 0.717) is 5.65 Å². The molecular weight excluding hydrogens is 176 g/mol. The lowest BCUT2D eigenvalue weighted by molar-refractivity contribution is 0.588. The van der Waals surface area contributed by atoms with Gasteiger partial charge in [0, 0.05) is 13.2 Å². The van der Waals surface area contributed by atoms with E-state index in [9.17, 15) is 0 Å². The Kier molecular flexibility index (Phi) is 1.80. The molecule has 0 bridgehead atoms. The molecule has 0 amide bonds. The van der Waals surface area contributed by atoms with Crippen molar-refractivity contribution < 1.29 is 0 Å². The molecule has 0 aliphatic rings. The van der Waals surface area contributed by atoms with Crippen LogP contribution in [0.1, 0.15) is 26.3 Å². The summed E-state index contributed by atoms with van der Waals surface area (Å²) in [5.74, 6) is 0. The van der Waals surface area contributed by atoms with Crippen LogP contribution in [0, 0.1) is 0 Å². The molecule has 2 aromatic heterocycles. The third kappa shape index (κ3) is 1.36. The smallest absolute Gasteiger partial charge is 0.201 e. The van der Waals surface area contributed by atoms with Gasteiger partial charge in [-0.2, -0.15) is 0 Å². The van der Waals surface area contributed by atoms with Crippen molar-refractivity contribution in [3.63, 3.8) is 0 Å². The number of pyridine rings is 1. The maximum atomic E-state index is 4.27.